The molecule has 2 rings (SSSR count). The Hall–Kier alpha value is -0.870. The first-order chi connectivity index (χ1) is 7.61. The Morgan fingerprint density at radius 1 is 1.69 bits per heavy atom. The number of rotatable bonds is 4. The van der Waals surface area contributed by atoms with Crippen LogP contribution in [0.4, 0.5) is 0 Å². The van der Waals surface area contributed by atoms with Crippen molar-refractivity contribution in [3.63, 3.8) is 0 Å². The highest BCUT2D eigenvalue weighted by molar-refractivity contribution is 4.98. The predicted octanol–water partition coefficient (Wildman–Crippen LogP) is 1.64. The Morgan fingerprint density at radius 3 is 3.06 bits per heavy atom. The van der Waals surface area contributed by atoms with Crippen LogP contribution in [0.1, 0.15) is 38.6 Å². The fourth-order valence-corrected chi connectivity index (χ4v) is 2.23. The average Bonchev–Trinajstić information content (AvgIpc) is 2.85. The quantitative estimate of drug-likeness (QED) is 0.843. The molecule has 2 heterocycles. The molecule has 1 aromatic rings. The molecular weight excluding hydrogens is 202 g/mol. The third-order valence-corrected chi connectivity index (χ3v) is 3.33. The second-order valence-electron chi connectivity index (χ2n) is 4.90. The van der Waals surface area contributed by atoms with Gasteiger partial charge in [0.25, 0.3) is 0 Å². The van der Waals surface area contributed by atoms with Gasteiger partial charge in [0.2, 0.25) is 0 Å². The van der Waals surface area contributed by atoms with Crippen LogP contribution in [0.15, 0.2) is 12.4 Å². The number of nitrogens with one attached hydrogen (secondary N) is 1. The van der Waals surface area contributed by atoms with E-state index in [1.807, 2.05) is 19.4 Å². The summed E-state index contributed by atoms with van der Waals surface area (Å²) in [4.78, 5) is 4.34. The molecule has 0 radical (unpaired) electrons. The van der Waals surface area contributed by atoms with Gasteiger partial charge in [-0.1, -0.05) is 0 Å². The van der Waals surface area contributed by atoms with Gasteiger partial charge in [0.15, 0.2) is 0 Å². The Kier molecular flexibility index (Phi) is 3.30. The number of imidazole rings is 1. The molecule has 0 bridgehead atoms. The highest BCUT2D eigenvalue weighted by Crippen LogP contribution is 2.24. The molecule has 1 saturated heterocycles. The van der Waals surface area contributed by atoms with Crippen molar-refractivity contribution in [3.8, 4) is 0 Å². The van der Waals surface area contributed by atoms with Crippen LogP contribution in [0.25, 0.3) is 0 Å². The summed E-state index contributed by atoms with van der Waals surface area (Å²) in [6.45, 7) is 6.11. The molecule has 1 N–H and O–H groups in total. The average molecular weight is 223 g/mol. The van der Waals surface area contributed by atoms with Crippen LogP contribution in [0, 0.1) is 0 Å². The van der Waals surface area contributed by atoms with E-state index in [4.69, 9.17) is 4.74 Å². The molecule has 4 nitrogen and oxygen atoms in total. The minimum absolute atomic E-state index is 0.0133. The van der Waals surface area contributed by atoms with Gasteiger partial charge in [0, 0.05) is 32.6 Å². The lowest BCUT2D eigenvalue weighted by Gasteiger charge is -2.25. The highest BCUT2D eigenvalue weighted by atomic mass is 16.5. The zero-order valence-electron chi connectivity index (χ0n) is 10.4. The Balaban J connectivity index is 1.88. The summed E-state index contributed by atoms with van der Waals surface area (Å²) in [7, 11) is 2.02. The molecule has 0 spiro atoms. The van der Waals surface area contributed by atoms with Crippen molar-refractivity contribution >= 4 is 0 Å². The van der Waals surface area contributed by atoms with Crippen molar-refractivity contribution < 1.29 is 4.74 Å². The molecule has 4 heteroatoms. The summed E-state index contributed by atoms with van der Waals surface area (Å²) in [5.41, 5.74) is 0.0133. The molecule has 1 aliphatic heterocycles. The highest BCUT2D eigenvalue weighted by Gasteiger charge is 2.30. The monoisotopic (exact) mass is 223 g/mol. The Bertz CT molecular complexity index is 342. The molecule has 1 aliphatic rings. The fraction of sp³-hybridized carbons (Fsp3) is 0.750. The second-order valence-corrected chi connectivity index (χ2v) is 4.90. The number of ether oxygens (including phenoxy) is 1. The minimum Gasteiger partial charge on any atom is -0.374 e. The van der Waals surface area contributed by atoms with Gasteiger partial charge in [-0.2, -0.15) is 0 Å². The first-order valence-electron chi connectivity index (χ1n) is 5.95. The van der Waals surface area contributed by atoms with E-state index in [1.54, 1.807) is 0 Å². The van der Waals surface area contributed by atoms with Crippen LogP contribution in [0.2, 0.25) is 0 Å². The molecule has 0 aromatic carbocycles. The van der Waals surface area contributed by atoms with Crippen LogP contribution in [0.3, 0.4) is 0 Å². The third-order valence-electron chi connectivity index (χ3n) is 3.33. The SMILES string of the molecule is CC(NCC1(C)CCCO1)c1nccn1C. The maximum atomic E-state index is 5.75. The van der Waals surface area contributed by atoms with E-state index >= 15 is 0 Å². The zero-order chi connectivity index (χ0) is 11.6. The lowest BCUT2D eigenvalue weighted by Crippen LogP contribution is -2.38. The zero-order valence-corrected chi connectivity index (χ0v) is 10.4. The van der Waals surface area contributed by atoms with Gasteiger partial charge < -0.3 is 14.6 Å². The van der Waals surface area contributed by atoms with E-state index in [9.17, 15) is 0 Å². The summed E-state index contributed by atoms with van der Waals surface area (Å²) in [6.07, 6.45) is 6.13. The summed E-state index contributed by atoms with van der Waals surface area (Å²) in [6, 6.07) is 0.265. The first kappa shape index (κ1) is 11.6. The molecule has 90 valence electrons. The molecule has 0 saturated carbocycles. The van der Waals surface area contributed by atoms with Crippen LogP contribution < -0.4 is 5.32 Å². The van der Waals surface area contributed by atoms with E-state index in [0.717, 1.165) is 25.4 Å². The van der Waals surface area contributed by atoms with Crippen molar-refractivity contribution in [2.45, 2.75) is 38.3 Å². The smallest absolute Gasteiger partial charge is 0.125 e. The van der Waals surface area contributed by atoms with Crippen molar-refractivity contribution in [1.82, 2.24) is 14.9 Å². The molecule has 0 aliphatic carbocycles. The van der Waals surface area contributed by atoms with Crippen molar-refractivity contribution in [3.05, 3.63) is 18.2 Å². The van der Waals surface area contributed by atoms with Crippen LogP contribution >= 0.6 is 0 Å². The van der Waals surface area contributed by atoms with Gasteiger partial charge in [-0.3, -0.25) is 0 Å². The molecule has 16 heavy (non-hydrogen) atoms. The van der Waals surface area contributed by atoms with E-state index in [1.165, 1.54) is 6.42 Å². The Labute approximate surface area is 97.0 Å². The normalized spacial score (nSPS) is 27.2. The topological polar surface area (TPSA) is 39.1 Å². The van der Waals surface area contributed by atoms with Crippen LogP contribution in [0.5, 0.6) is 0 Å². The van der Waals surface area contributed by atoms with E-state index in [2.05, 4.69) is 28.7 Å². The minimum atomic E-state index is 0.0133. The number of hydrogen-bond donors (Lipinski definition) is 1. The molecule has 1 fully saturated rings. The van der Waals surface area contributed by atoms with Crippen molar-refractivity contribution in [1.29, 1.82) is 0 Å². The van der Waals surface area contributed by atoms with E-state index in [-0.39, 0.29) is 11.6 Å². The number of nitrogens with zero attached hydrogens (tertiary/aromatic N) is 2. The molecule has 2 atom stereocenters. The van der Waals surface area contributed by atoms with Crippen LogP contribution in [-0.4, -0.2) is 28.3 Å². The summed E-state index contributed by atoms with van der Waals surface area (Å²) in [5, 5.41) is 3.50. The lowest BCUT2D eigenvalue weighted by atomic mass is 10.0. The molecular formula is C12H21N3O. The molecule has 0 amide bonds. The van der Waals surface area contributed by atoms with Gasteiger partial charge in [-0.05, 0) is 26.7 Å². The number of aryl methyl sites for hydroxylation is 1. The summed E-state index contributed by atoms with van der Waals surface area (Å²) >= 11 is 0. The largest absolute Gasteiger partial charge is 0.374 e. The second kappa shape index (κ2) is 4.55. The van der Waals surface area contributed by atoms with Gasteiger partial charge in [0.05, 0.1) is 11.6 Å². The maximum Gasteiger partial charge on any atom is 0.125 e. The summed E-state index contributed by atoms with van der Waals surface area (Å²) in [5.74, 6) is 1.07. The first-order valence-corrected chi connectivity index (χ1v) is 5.95. The summed E-state index contributed by atoms with van der Waals surface area (Å²) < 4.78 is 7.80. The molecule has 2 unspecified atom stereocenters. The third kappa shape index (κ3) is 2.44. The molecule has 1 aromatic heterocycles. The Morgan fingerprint density at radius 2 is 2.50 bits per heavy atom. The van der Waals surface area contributed by atoms with Gasteiger partial charge >= 0.3 is 0 Å². The lowest BCUT2D eigenvalue weighted by molar-refractivity contribution is 0.0188. The fourth-order valence-electron chi connectivity index (χ4n) is 2.23. The predicted molar refractivity (Wildman–Crippen MR) is 63.2 cm³/mol. The van der Waals surface area contributed by atoms with Crippen LogP contribution in [-0.2, 0) is 11.8 Å². The standard InChI is InChI=1S/C12H21N3O/c1-10(11-13-6-7-15(11)3)14-9-12(2)5-4-8-16-12/h6-7,10,14H,4-5,8-9H2,1-3H3. The van der Waals surface area contributed by atoms with E-state index < -0.39 is 0 Å². The van der Waals surface area contributed by atoms with Gasteiger partial charge in [-0.25, -0.2) is 4.98 Å². The van der Waals surface area contributed by atoms with Crippen molar-refractivity contribution in [2.24, 2.45) is 7.05 Å². The van der Waals surface area contributed by atoms with Gasteiger partial charge in [0.1, 0.15) is 5.82 Å². The van der Waals surface area contributed by atoms with Crippen molar-refractivity contribution in [2.75, 3.05) is 13.2 Å². The number of aromatic nitrogens is 2. The van der Waals surface area contributed by atoms with Gasteiger partial charge in [-0.15, -0.1) is 0 Å². The van der Waals surface area contributed by atoms with E-state index in [0.29, 0.717) is 0 Å². The number of hydrogen-bond acceptors (Lipinski definition) is 3. The maximum absolute atomic E-state index is 5.75.